The summed E-state index contributed by atoms with van der Waals surface area (Å²) in [6, 6.07) is 6.55. The van der Waals surface area contributed by atoms with Gasteiger partial charge in [0.2, 0.25) is 0 Å². The number of thiocarbonyl (C=S) groups is 1. The molecule has 92 valence electrons. The van der Waals surface area contributed by atoms with Crippen molar-refractivity contribution in [3.63, 3.8) is 0 Å². The Bertz CT molecular complexity index is 407. The lowest BCUT2D eigenvalue weighted by Gasteiger charge is -2.10. The van der Waals surface area contributed by atoms with E-state index in [0.717, 1.165) is 19.4 Å². The zero-order valence-electron chi connectivity index (χ0n) is 9.69. The van der Waals surface area contributed by atoms with Gasteiger partial charge in [0.25, 0.3) is 0 Å². The lowest BCUT2D eigenvalue weighted by Crippen LogP contribution is -2.29. The first-order chi connectivity index (χ1) is 8.13. The Kier molecular flexibility index (Phi) is 5.42. The van der Waals surface area contributed by atoms with Crippen molar-refractivity contribution in [1.29, 1.82) is 0 Å². The summed E-state index contributed by atoms with van der Waals surface area (Å²) >= 11 is 5.09. The van der Waals surface area contributed by atoms with Gasteiger partial charge in [0.1, 0.15) is 0 Å². The van der Waals surface area contributed by atoms with Gasteiger partial charge < -0.3 is 15.7 Å². The number of carbonyl (C=O) groups is 1. The van der Waals surface area contributed by atoms with Crippen molar-refractivity contribution < 1.29 is 9.90 Å². The van der Waals surface area contributed by atoms with Gasteiger partial charge in [0, 0.05) is 12.2 Å². The van der Waals surface area contributed by atoms with E-state index >= 15 is 0 Å². The second-order valence-electron chi connectivity index (χ2n) is 3.62. The van der Waals surface area contributed by atoms with Crippen LogP contribution in [-0.4, -0.2) is 22.7 Å². The lowest BCUT2D eigenvalue weighted by molar-refractivity contribution is 0.0697. The van der Waals surface area contributed by atoms with E-state index in [1.165, 1.54) is 0 Å². The van der Waals surface area contributed by atoms with Crippen molar-refractivity contribution in [2.24, 2.45) is 0 Å². The summed E-state index contributed by atoms with van der Waals surface area (Å²) in [7, 11) is 0. The van der Waals surface area contributed by atoms with Crippen LogP contribution in [0, 0.1) is 0 Å². The molecule has 0 aromatic heterocycles. The minimum absolute atomic E-state index is 0.242. The number of aromatic carboxylic acids is 1. The van der Waals surface area contributed by atoms with E-state index in [-0.39, 0.29) is 5.56 Å². The Morgan fingerprint density at radius 1 is 1.47 bits per heavy atom. The molecule has 0 fully saturated rings. The van der Waals surface area contributed by atoms with Crippen molar-refractivity contribution in [1.82, 2.24) is 5.32 Å². The Balaban J connectivity index is 2.53. The van der Waals surface area contributed by atoms with Crippen molar-refractivity contribution in [3.05, 3.63) is 29.8 Å². The standard InChI is InChI=1S/C12H16N2O2S/c1-2-3-7-13-12(17)14-10-6-4-5-9(8-10)11(15)16/h4-6,8H,2-3,7H2,1H3,(H,15,16)(H2,13,14,17). The number of unbranched alkanes of at least 4 members (excludes halogenated alkanes) is 1. The van der Waals surface area contributed by atoms with E-state index < -0.39 is 5.97 Å². The number of carboxylic acid groups (broad SMARTS) is 1. The molecule has 3 N–H and O–H groups in total. The molecule has 0 saturated carbocycles. The molecule has 1 aromatic carbocycles. The monoisotopic (exact) mass is 252 g/mol. The first kappa shape index (κ1) is 13.4. The van der Waals surface area contributed by atoms with Gasteiger partial charge in [-0.2, -0.15) is 0 Å². The van der Waals surface area contributed by atoms with Crippen LogP contribution in [0.25, 0.3) is 0 Å². The quantitative estimate of drug-likeness (QED) is 0.555. The molecule has 0 saturated heterocycles. The van der Waals surface area contributed by atoms with Gasteiger partial charge in [0.15, 0.2) is 5.11 Å². The highest BCUT2D eigenvalue weighted by atomic mass is 32.1. The second kappa shape index (κ2) is 6.85. The largest absolute Gasteiger partial charge is 0.478 e. The van der Waals surface area contributed by atoms with Gasteiger partial charge in [-0.15, -0.1) is 0 Å². The predicted molar refractivity (Wildman–Crippen MR) is 72.5 cm³/mol. The Hall–Kier alpha value is -1.62. The molecule has 0 heterocycles. The van der Waals surface area contributed by atoms with Gasteiger partial charge in [-0.1, -0.05) is 19.4 Å². The van der Waals surface area contributed by atoms with E-state index in [4.69, 9.17) is 17.3 Å². The average Bonchev–Trinajstić information content (AvgIpc) is 2.29. The van der Waals surface area contributed by atoms with Crippen molar-refractivity contribution in [3.8, 4) is 0 Å². The molecule has 0 atom stereocenters. The van der Waals surface area contributed by atoms with E-state index in [9.17, 15) is 4.79 Å². The molecule has 0 unspecified atom stereocenters. The van der Waals surface area contributed by atoms with Crippen LogP contribution in [0.15, 0.2) is 24.3 Å². The molecule has 0 aliphatic heterocycles. The van der Waals surface area contributed by atoms with E-state index in [2.05, 4.69) is 17.6 Å². The second-order valence-corrected chi connectivity index (χ2v) is 4.03. The smallest absolute Gasteiger partial charge is 0.335 e. The third-order valence-electron chi connectivity index (χ3n) is 2.18. The highest BCUT2D eigenvalue weighted by Gasteiger charge is 2.03. The maximum absolute atomic E-state index is 10.8. The summed E-state index contributed by atoms with van der Waals surface area (Å²) in [5, 5.41) is 15.4. The predicted octanol–water partition coefficient (Wildman–Crippen LogP) is 2.47. The molecule has 0 bridgehead atoms. The Labute approximate surface area is 106 Å². The normalized spacial score (nSPS) is 9.71. The molecular weight excluding hydrogens is 236 g/mol. The molecule has 1 rings (SSSR count). The fraction of sp³-hybridized carbons (Fsp3) is 0.333. The first-order valence-corrected chi connectivity index (χ1v) is 5.92. The minimum Gasteiger partial charge on any atom is -0.478 e. The minimum atomic E-state index is -0.946. The number of hydrogen-bond donors (Lipinski definition) is 3. The lowest BCUT2D eigenvalue weighted by atomic mass is 10.2. The SMILES string of the molecule is CCCCNC(=S)Nc1cccc(C(=O)O)c1. The van der Waals surface area contributed by atoms with E-state index in [1.807, 2.05) is 0 Å². The third kappa shape index (κ3) is 4.82. The van der Waals surface area contributed by atoms with Crippen LogP contribution in [0.2, 0.25) is 0 Å². The first-order valence-electron chi connectivity index (χ1n) is 5.51. The number of hydrogen-bond acceptors (Lipinski definition) is 2. The van der Waals surface area contributed by atoms with E-state index in [1.54, 1.807) is 24.3 Å². The van der Waals surface area contributed by atoms with Crippen molar-refractivity contribution in [2.75, 3.05) is 11.9 Å². The molecule has 4 nitrogen and oxygen atoms in total. The summed E-state index contributed by atoms with van der Waals surface area (Å²) in [5.41, 5.74) is 0.922. The molecule has 0 spiro atoms. The van der Waals surface area contributed by atoms with Gasteiger partial charge >= 0.3 is 5.97 Å². The number of nitrogens with one attached hydrogen (secondary N) is 2. The summed E-state index contributed by atoms with van der Waals surface area (Å²) < 4.78 is 0. The van der Waals surface area contributed by atoms with Crippen LogP contribution in [-0.2, 0) is 0 Å². The maximum Gasteiger partial charge on any atom is 0.335 e. The molecule has 0 amide bonds. The fourth-order valence-corrected chi connectivity index (χ4v) is 1.50. The van der Waals surface area contributed by atoms with Gasteiger partial charge in [0.05, 0.1) is 5.56 Å². The summed E-state index contributed by atoms with van der Waals surface area (Å²) in [4.78, 5) is 10.8. The number of rotatable bonds is 5. The molecular formula is C12H16N2O2S. The number of benzene rings is 1. The van der Waals surface area contributed by atoms with Gasteiger partial charge in [-0.3, -0.25) is 0 Å². The molecule has 0 radical (unpaired) electrons. The topological polar surface area (TPSA) is 61.4 Å². The fourth-order valence-electron chi connectivity index (χ4n) is 1.28. The van der Waals surface area contributed by atoms with Crippen molar-refractivity contribution >= 4 is 29.0 Å². The van der Waals surface area contributed by atoms with Crippen LogP contribution in [0.1, 0.15) is 30.1 Å². The van der Waals surface area contributed by atoms with Gasteiger partial charge in [-0.05, 0) is 36.8 Å². The third-order valence-corrected chi connectivity index (χ3v) is 2.43. The van der Waals surface area contributed by atoms with Gasteiger partial charge in [-0.25, -0.2) is 4.79 Å². The van der Waals surface area contributed by atoms with Crippen LogP contribution in [0.3, 0.4) is 0 Å². The van der Waals surface area contributed by atoms with Crippen LogP contribution >= 0.6 is 12.2 Å². The Morgan fingerprint density at radius 2 is 2.24 bits per heavy atom. The van der Waals surface area contributed by atoms with Crippen LogP contribution in [0.4, 0.5) is 5.69 Å². The molecule has 0 aliphatic rings. The Morgan fingerprint density at radius 3 is 2.88 bits per heavy atom. The number of anilines is 1. The van der Waals surface area contributed by atoms with Crippen LogP contribution in [0.5, 0.6) is 0 Å². The highest BCUT2D eigenvalue weighted by Crippen LogP contribution is 2.10. The zero-order chi connectivity index (χ0) is 12.7. The summed E-state index contributed by atoms with van der Waals surface area (Å²) in [5.74, 6) is -0.946. The molecule has 17 heavy (non-hydrogen) atoms. The van der Waals surface area contributed by atoms with Crippen molar-refractivity contribution in [2.45, 2.75) is 19.8 Å². The molecule has 5 heteroatoms. The highest BCUT2D eigenvalue weighted by molar-refractivity contribution is 7.80. The summed E-state index contributed by atoms with van der Waals surface area (Å²) in [6.07, 6.45) is 2.15. The van der Waals surface area contributed by atoms with E-state index in [0.29, 0.717) is 10.8 Å². The van der Waals surface area contributed by atoms with Crippen LogP contribution < -0.4 is 10.6 Å². The zero-order valence-corrected chi connectivity index (χ0v) is 10.5. The maximum atomic E-state index is 10.8. The average molecular weight is 252 g/mol. The number of carboxylic acids is 1. The molecule has 1 aromatic rings. The molecule has 0 aliphatic carbocycles. The summed E-state index contributed by atoms with van der Waals surface area (Å²) in [6.45, 7) is 2.93.